The quantitative estimate of drug-likeness (QED) is 0.189. The fraction of sp³-hybridized carbons (Fsp3) is 0.0652. The summed E-state index contributed by atoms with van der Waals surface area (Å²) in [6.07, 6.45) is 0. The molecule has 1 aliphatic carbocycles. The SMILES string of the molecule is [2H]c1c([2H])c([2H])c2c(c1[2H])-c1c([2H])c([2H])c3c4c([2H])c([2H])c([2H])c([2H])c4n(-c4nc(-c5ccccc5)nc(-c5cccc(-c6cccc7ccccc67)c5)n4)c3c1C2(C([2H])([2H])[2H])C([2H])([2H])[2H]. The van der Waals surface area contributed by atoms with Gasteiger partial charge < -0.3 is 0 Å². The van der Waals surface area contributed by atoms with Crippen LogP contribution in [-0.2, 0) is 5.41 Å². The summed E-state index contributed by atoms with van der Waals surface area (Å²) in [5.74, 6) is -0.306. The minimum Gasteiger partial charge on any atom is -0.277 e. The van der Waals surface area contributed by atoms with Crippen molar-refractivity contribution < 1.29 is 21.9 Å². The minimum atomic E-state index is -3.68. The molecule has 0 amide bonds. The van der Waals surface area contributed by atoms with Gasteiger partial charge in [-0.05, 0) is 56.3 Å². The summed E-state index contributed by atoms with van der Waals surface area (Å²) in [6, 6.07) is 21.7. The molecule has 0 N–H and O–H groups in total. The van der Waals surface area contributed by atoms with E-state index in [-0.39, 0.29) is 23.0 Å². The molecule has 0 aliphatic heterocycles. The molecule has 2 heterocycles. The van der Waals surface area contributed by atoms with Crippen molar-refractivity contribution in [3.8, 4) is 51.0 Å². The Morgan fingerprint density at radius 1 is 0.560 bits per heavy atom. The molecule has 0 atom stereocenters. The molecule has 7 aromatic carbocycles. The number of hydrogen-bond acceptors (Lipinski definition) is 3. The van der Waals surface area contributed by atoms with Crippen LogP contribution in [0.1, 0.15) is 46.8 Å². The Labute approximate surface area is 312 Å². The monoisotopic (exact) mass is 656 g/mol. The van der Waals surface area contributed by atoms with Crippen LogP contribution in [0.3, 0.4) is 0 Å². The summed E-state index contributed by atoms with van der Waals surface area (Å²) in [5.41, 5.74) is -4.39. The molecule has 9 aromatic rings. The van der Waals surface area contributed by atoms with Gasteiger partial charge in [-0.2, -0.15) is 9.97 Å². The van der Waals surface area contributed by atoms with Crippen molar-refractivity contribution in [3.05, 3.63) is 169 Å². The molecule has 1 aliphatic rings. The van der Waals surface area contributed by atoms with Gasteiger partial charge in [0.05, 0.1) is 24.7 Å². The van der Waals surface area contributed by atoms with E-state index in [1.54, 1.807) is 42.5 Å². The summed E-state index contributed by atoms with van der Waals surface area (Å²) in [4.78, 5) is 14.6. The van der Waals surface area contributed by atoms with Crippen LogP contribution in [0.2, 0.25) is 0 Å². The maximum atomic E-state index is 9.55. The van der Waals surface area contributed by atoms with E-state index in [1.165, 1.54) is 0 Å². The second-order valence-electron chi connectivity index (χ2n) is 12.0. The standard InChI is InChI=1S/C46H32N4/c1-46(2)39-24-10-8-21-35(39)37-26-27-38-36-22-9-11-25-40(36)50(42(38)41(37)46)45-48-43(30-15-4-3-5-16-30)47-44(49-45)32-19-12-18-31(28-32)34-23-13-17-29-14-6-7-20-33(29)34/h3-28H,1-2H3/i1D3,2D3,8D,9D,10D,11D,21D,22D,24D,25D,26D,27D. The lowest BCUT2D eigenvalue weighted by Gasteiger charge is -2.23. The van der Waals surface area contributed by atoms with E-state index in [4.69, 9.17) is 31.4 Å². The van der Waals surface area contributed by atoms with Crippen LogP contribution in [0.4, 0.5) is 0 Å². The van der Waals surface area contributed by atoms with Crippen molar-refractivity contribution in [2.24, 2.45) is 0 Å². The lowest BCUT2D eigenvalue weighted by molar-refractivity contribution is 0.663. The third-order valence-corrected chi connectivity index (χ3v) is 9.17. The second-order valence-corrected chi connectivity index (χ2v) is 12.0. The van der Waals surface area contributed by atoms with Crippen molar-refractivity contribution in [2.45, 2.75) is 19.1 Å². The number of nitrogens with zero attached hydrogens (tertiary/aromatic N) is 4. The van der Waals surface area contributed by atoms with E-state index in [9.17, 15) is 5.48 Å². The molecule has 0 unspecified atom stereocenters. The lowest BCUT2D eigenvalue weighted by atomic mass is 9.81. The van der Waals surface area contributed by atoms with E-state index >= 15 is 0 Å². The lowest BCUT2D eigenvalue weighted by Crippen LogP contribution is -2.17. The van der Waals surface area contributed by atoms with Gasteiger partial charge in [-0.3, -0.25) is 4.57 Å². The Kier molecular flexibility index (Phi) is 3.64. The average molecular weight is 657 g/mol. The molecule has 236 valence electrons. The zero-order valence-electron chi connectivity index (χ0n) is 42.0. The van der Waals surface area contributed by atoms with Crippen LogP contribution in [0.25, 0.3) is 83.6 Å². The molecular weight excluding hydrogens is 609 g/mol. The van der Waals surface area contributed by atoms with Crippen LogP contribution in [-0.4, -0.2) is 19.5 Å². The number of fused-ring (bicyclic) bond motifs is 8. The Balaban J connectivity index is 1.43. The third kappa shape index (κ3) is 4.21. The average Bonchev–Trinajstić information content (AvgIpc) is 3.84. The van der Waals surface area contributed by atoms with Gasteiger partial charge in [0.1, 0.15) is 0 Å². The molecule has 0 radical (unpaired) electrons. The van der Waals surface area contributed by atoms with Crippen molar-refractivity contribution in [2.75, 3.05) is 0 Å². The largest absolute Gasteiger partial charge is 0.277 e. The van der Waals surface area contributed by atoms with Gasteiger partial charge in [-0.25, -0.2) is 4.98 Å². The van der Waals surface area contributed by atoms with E-state index in [0.29, 0.717) is 11.1 Å². The van der Waals surface area contributed by atoms with Crippen molar-refractivity contribution in [1.29, 1.82) is 0 Å². The van der Waals surface area contributed by atoms with Crippen LogP contribution in [0, 0.1) is 0 Å². The molecule has 0 saturated carbocycles. The molecule has 0 fully saturated rings. The maximum Gasteiger partial charge on any atom is 0.238 e. The summed E-state index contributed by atoms with van der Waals surface area (Å²) in [7, 11) is 0. The van der Waals surface area contributed by atoms with Crippen LogP contribution in [0.5, 0.6) is 0 Å². The first-order valence-electron chi connectivity index (χ1n) is 23.8. The zero-order valence-corrected chi connectivity index (χ0v) is 26.0. The van der Waals surface area contributed by atoms with Crippen LogP contribution >= 0.6 is 0 Å². The molecule has 0 spiro atoms. The Hall–Kier alpha value is -6.39. The normalized spacial score (nSPS) is 18.2. The number of para-hydroxylation sites is 1. The predicted octanol–water partition coefficient (Wildman–Crippen LogP) is 11.4. The first kappa shape index (κ1) is 16.8. The summed E-state index contributed by atoms with van der Waals surface area (Å²) >= 11 is 0. The number of benzene rings is 7. The van der Waals surface area contributed by atoms with Crippen molar-refractivity contribution in [1.82, 2.24) is 19.5 Å². The highest BCUT2D eigenvalue weighted by Gasteiger charge is 2.38. The third-order valence-electron chi connectivity index (χ3n) is 9.17. The zero-order chi connectivity index (χ0) is 47.1. The molecule has 4 heteroatoms. The topological polar surface area (TPSA) is 43.6 Å². The Morgan fingerprint density at radius 2 is 1.28 bits per heavy atom. The molecule has 50 heavy (non-hydrogen) atoms. The summed E-state index contributed by atoms with van der Waals surface area (Å²) in [5, 5.41) is 1.16. The fourth-order valence-corrected chi connectivity index (χ4v) is 6.93. The van der Waals surface area contributed by atoms with E-state index < -0.39 is 118 Å². The smallest absolute Gasteiger partial charge is 0.238 e. The van der Waals surface area contributed by atoms with E-state index in [1.807, 2.05) is 54.6 Å². The molecule has 4 nitrogen and oxygen atoms in total. The van der Waals surface area contributed by atoms with Crippen LogP contribution < -0.4 is 0 Å². The second kappa shape index (κ2) is 10.8. The fourth-order valence-electron chi connectivity index (χ4n) is 6.93. The van der Waals surface area contributed by atoms with E-state index in [0.717, 1.165) is 26.5 Å². The minimum absolute atomic E-state index is 0.0393. The highest BCUT2D eigenvalue weighted by Crippen LogP contribution is 2.52. The van der Waals surface area contributed by atoms with Gasteiger partial charge in [-0.1, -0.05) is 159 Å². The molecule has 10 rings (SSSR count). The highest BCUT2D eigenvalue weighted by molar-refractivity contribution is 6.13. The predicted molar refractivity (Wildman–Crippen MR) is 206 cm³/mol. The number of aromatic nitrogens is 4. The van der Waals surface area contributed by atoms with E-state index in [2.05, 4.69) is 0 Å². The molecular formula is C46H32N4. The van der Waals surface area contributed by atoms with Crippen molar-refractivity contribution >= 4 is 32.6 Å². The van der Waals surface area contributed by atoms with Gasteiger partial charge in [0.2, 0.25) is 5.95 Å². The molecule has 2 aromatic heterocycles. The van der Waals surface area contributed by atoms with Gasteiger partial charge >= 0.3 is 0 Å². The number of hydrogen-bond donors (Lipinski definition) is 0. The van der Waals surface area contributed by atoms with Gasteiger partial charge in [0.25, 0.3) is 0 Å². The molecule has 0 saturated heterocycles. The Bertz CT molecular complexity index is 3560. The first-order valence-corrected chi connectivity index (χ1v) is 15.8. The number of rotatable bonds is 4. The first-order chi connectivity index (χ1) is 31.2. The van der Waals surface area contributed by atoms with Crippen molar-refractivity contribution in [3.63, 3.8) is 0 Å². The van der Waals surface area contributed by atoms with Gasteiger partial charge in [0.15, 0.2) is 11.6 Å². The van der Waals surface area contributed by atoms with Crippen LogP contribution in [0.15, 0.2) is 157 Å². The summed E-state index contributed by atoms with van der Waals surface area (Å²) < 4.78 is 146. The Morgan fingerprint density at radius 3 is 2.18 bits per heavy atom. The van der Waals surface area contributed by atoms with Gasteiger partial charge in [-0.15, -0.1) is 0 Å². The highest BCUT2D eigenvalue weighted by atomic mass is 15.2. The van der Waals surface area contributed by atoms with Gasteiger partial charge in [0, 0.05) is 35.5 Å². The summed E-state index contributed by atoms with van der Waals surface area (Å²) in [6.45, 7) is -7.37. The molecule has 0 bridgehead atoms. The maximum absolute atomic E-state index is 9.55.